The maximum absolute atomic E-state index is 12.3. The average molecular weight is 397 g/mol. The Morgan fingerprint density at radius 2 is 2.00 bits per heavy atom. The Labute approximate surface area is 163 Å². The van der Waals surface area contributed by atoms with E-state index in [9.17, 15) is 19.7 Å². The molecule has 9 heteroatoms. The van der Waals surface area contributed by atoms with E-state index >= 15 is 0 Å². The number of nitrogens with one attached hydrogen (secondary N) is 2. The van der Waals surface area contributed by atoms with Crippen molar-refractivity contribution in [2.45, 2.75) is 57.7 Å². The quantitative estimate of drug-likeness (QED) is 0.567. The molecule has 0 spiro atoms. The van der Waals surface area contributed by atoms with Gasteiger partial charge in [0.05, 0.1) is 11.0 Å². The van der Waals surface area contributed by atoms with Crippen molar-refractivity contribution < 1.29 is 14.5 Å². The highest BCUT2D eigenvalue weighted by Crippen LogP contribution is 2.23. The molecule has 0 aliphatic heterocycles. The van der Waals surface area contributed by atoms with Crippen molar-refractivity contribution in [3.05, 3.63) is 38.9 Å². The highest BCUT2D eigenvalue weighted by Gasteiger charge is 2.23. The van der Waals surface area contributed by atoms with Gasteiger partial charge in [0.1, 0.15) is 0 Å². The summed E-state index contributed by atoms with van der Waals surface area (Å²) in [5.41, 5.74) is 0.478. The molecule has 148 valence electrons. The Hall–Kier alpha value is -2.19. The van der Waals surface area contributed by atoms with Gasteiger partial charge in [-0.25, -0.2) is 4.79 Å². The summed E-state index contributed by atoms with van der Waals surface area (Å²) in [4.78, 5) is 36.5. The van der Waals surface area contributed by atoms with E-state index in [0.717, 1.165) is 25.7 Å². The Balaban J connectivity index is 1.90. The number of nitrogens with zero attached hydrogens (tertiary/aromatic N) is 2. The van der Waals surface area contributed by atoms with Crippen LogP contribution >= 0.6 is 11.6 Å². The molecule has 2 N–H and O–H groups in total. The van der Waals surface area contributed by atoms with Crippen LogP contribution in [0.1, 0.15) is 44.6 Å². The van der Waals surface area contributed by atoms with Crippen molar-refractivity contribution in [2.75, 3.05) is 7.05 Å². The van der Waals surface area contributed by atoms with Crippen LogP contribution in [0.2, 0.25) is 5.02 Å². The van der Waals surface area contributed by atoms with E-state index in [1.54, 1.807) is 18.9 Å². The minimum absolute atomic E-state index is 0.0632. The number of halogens is 1. The molecule has 0 saturated heterocycles. The zero-order chi connectivity index (χ0) is 20.0. The fourth-order valence-corrected chi connectivity index (χ4v) is 3.26. The van der Waals surface area contributed by atoms with Crippen LogP contribution < -0.4 is 10.6 Å². The van der Waals surface area contributed by atoms with Gasteiger partial charge in [-0.1, -0.05) is 30.9 Å². The number of nitro benzene ring substituents is 1. The SMILES string of the molecule is CC(C(=O)NC(=O)NC1CCCCC1)N(C)Cc1cc([N+](=O)[O-])ccc1Cl. The first-order chi connectivity index (χ1) is 12.8. The number of nitro groups is 1. The number of likely N-dealkylation sites (N-methyl/N-ethyl adjacent to an activating group) is 1. The fourth-order valence-electron chi connectivity index (χ4n) is 3.09. The second-order valence-corrected chi connectivity index (χ2v) is 7.33. The molecule has 0 heterocycles. The molecule has 1 aliphatic carbocycles. The number of hydrogen-bond acceptors (Lipinski definition) is 5. The Kier molecular flexibility index (Phi) is 7.55. The molecular weight excluding hydrogens is 372 g/mol. The van der Waals surface area contributed by atoms with E-state index < -0.39 is 22.9 Å². The molecule has 3 amide bonds. The van der Waals surface area contributed by atoms with Crippen LogP contribution in [0.4, 0.5) is 10.5 Å². The summed E-state index contributed by atoms with van der Waals surface area (Å²) >= 11 is 6.11. The lowest BCUT2D eigenvalue weighted by Gasteiger charge is -2.25. The summed E-state index contributed by atoms with van der Waals surface area (Å²) in [6.45, 7) is 1.90. The second kappa shape index (κ2) is 9.66. The summed E-state index contributed by atoms with van der Waals surface area (Å²) in [5, 5.41) is 16.5. The molecule has 1 aliphatic rings. The normalized spacial score (nSPS) is 16.0. The summed E-state index contributed by atoms with van der Waals surface area (Å²) in [6.07, 6.45) is 5.22. The Morgan fingerprint density at radius 3 is 2.63 bits per heavy atom. The van der Waals surface area contributed by atoms with Gasteiger partial charge in [0, 0.05) is 29.7 Å². The van der Waals surface area contributed by atoms with Crippen LogP contribution in [-0.2, 0) is 11.3 Å². The minimum Gasteiger partial charge on any atom is -0.335 e. The monoisotopic (exact) mass is 396 g/mol. The van der Waals surface area contributed by atoms with Gasteiger partial charge in [-0.3, -0.25) is 25.1 Å². The van der Waals surface area contributed by atoms with Crippen LogP contribution in [0.25, 0.3) is 0 Å². The minimum atomic E-state index is -0.613. The maximum Gasteiger partial charge on any atom is 0.321 e. The number of imide groups is 1. The first-order valence-corrected chi connectivity index (χ1v) is 9.40. The van der Waals surface area contributed by atoms with Crippen molar-refractivity contribution in [3.63, 3.8) is 0 Å². The van der Waals surface area contributed by atoms with Gasteiger partial charge in [-0.05, 0) is 38.4 Å². The van der Waals surface area contributed by atoms with Crippen LogP contribution in [0.5, 0.6) is 0 Å². The number of urea groups is 1. The van der Waals surface area contributed by atoms with Gasteiger partial charge in [0.15, 0.2) is 0 Å². The molecule has 1 atom stereocenters. The van der Waals surface area contributed by atoms with Gasteiger partial charge in [-0.15, -0.1) is 0 Å². The lowest BCUT2D eigenvalue weighted by atomic mass is 9.96. The number of amides is 3. The van der Waals surface area contributed by atoms with Crippen LogP contribution in [0, 0.1) is 10.1 Å². The number of carbonyl (C=O) groups is 2. The predicted octanol–water partition coefficient (Wildman–Crippen LogP) is 3.23. The number of rotatable bonds is 6. The molecule has 1 fully saturated rings. The third-order valence-electron chi connectivity index (χ3n) is 4.88. The van der Waals surface area contributed by atoms with Crippen molar-refractivity contribution in [2.24, 2.45) is 0 Å². The van der Waals surface area contributed by atoms with Crippen molar-refractivity contribution in [1.29, 1.82) is 0 Å². The van der Waals surface area contributed by atoms with Crippen LogP contribution in [-0.4, -0.2) is 40.9 Å². The van der Waals surface area contributed by atoms with E-state index in [4.69, 9.17) is 11.6 Å². The summed E-state index contributed by atoms with van der Waals surface area (Å²) in [6, 6.07) is 3.20. The van der Waals surface area contributed by atoms with E-state index in [2.05, 4.69) is 10.6 Å². The predicted molar refractivity (Wildman–Crippen MR) is 103 cm³/mol. The molecule has 8 nitrogen and oxygen atoms in total. The number of benzene rings is 1. The molecule has 2 rings (SSSR count). The highest BCUT2D eigenvalue weighted by atomic mass is 35.5. The lowest BCUT2D eigenvalue weighted by molar-refractivity contribution is -0.384. The van der Waals surface area contributed by atoms with Gasteiger partial charge in [0.2, 0.25) is 5.91 Å². The standard InChI is InChI=1S/C18H25ClN4O4/c1-12(17(24)21-18(25)20-14-6-4-3-5-7-14)22(2)11-13-10-15(23(26)27)8-9-16(13)19/h8-10,12,14H,3-7,11H2,1-2H3,(H2,20,21,24,25). The molecule has 27 heavy (non-hydrogen) atoms. The molecule has 1 saturated carbocycles. The van der Waals surface area contributed by atoms with Gasteiger partial charge in [0.25, 0.3) is 5.69 Å². The van der Waals surface area contributed by atoms with E-state index in [1.165, 1.54) is 24.6 Å². The second-order valence-electron chi connectivity index (χ2n) is 6.92. The maximum atomic E-state index is 12.3. The molecule has 0 bridgehead atoms. The summed E-state index contributed by atoms with van der Waals surface area (Å²) in [7, 11) is 1.69. The smallest absolute Gasteiger partial charge is 0.321 e. The van der Waals surface area contributed by atoms with Crippen molar-refractivity contribution >= 4 is 29.2 Å². The molecule has 1 unspecified atom stereocenters. The van der Waals surface area contributed by atoms with Crippen LogP contribution in [0.15, 0.2) is 18.2 Å². The largest absolute Gasteiger partial charge is 0.335 e. The van der Waals surface area contributed by atoms with Gasteiger partial charge < -0.3 is 5.32 Å². The van der Waals surface area contributed by atoms with Crippen molar-refractivity contribution in [1.82, 2.24) is 15.5 Å². The molecule has 0 radical (unpaired) electrons. The van der Waals surface area contributed by atoms with Crippen LogP contribution in [0.3, 0.4) is 0 Å². The number of non-ortho nitro benzene ring substituents is 1. The van der Waals surface area contributed by atoms with E-state index in [1.807, 2.05) is 0 Å². The van der Waals surface area contributed by atoms with Gasteiger partial charge in [-0.2, -0.15) is 0 Å². The van der Waals surface area contributed by atoms with E-state index in [0.29, 0.717) is 10.6 Å². The summed E-state index contributed by atoms with van der Waals surface area (Å²) < 4.78 is 0. The third-order valence-corrected chi connectivity index (χ3v) is 5.25. The molecule has 1 aromatic rings. The first-order valence-electron chi connectivity index (χ1n) is 9.02. The lowest BCUT2D eigenvalue weighted by Crippen LogP contribution is -2.50. The Morgan fingerprint density at radius 1 is 1.33 bits per heavy atom. The zero-order valence-corrected chi connectivity index (χ0v) is 16.3. The fraction of sp³-hybridized carbons (Fsp3) is 0.556. The van der Waals surface area contributed by atoms with Gasteiger partial charge >= 0.3 is 6.03 Å². The third kappa shape index (κ3) is 6.18. The number of carbonyl (C=O) groups excluding carboxylic acids is 2. The van der Waals surface area contributed by atoms with Crippen molar-refractivity contribution in [3.8, 4) is 0 Å². The Bertz CT molecular complexity index is 707. The zero-order valence-electron chi connectivity index (χ0n) is 15.5. The molecule has 0 aromatic heterocycles. The number of hydrogen-bond donors (Lipinski definition) is 2. The average Bonchev–Trinajstić information content (AvgIpc) is 2.63. The topological polar surface area (TPSA) is 105 Å². The van der Waals surface area contributed by atoms with E-state index in [-0.39, 0.29) is 18.3 Å². The molecular formula is C18H25ClN4O4. The first kappa shape index (κ1) is 21.1. The molecule has 1 aromatic carbocycles. The highest BCUT2D eigenvalue weighted by molar-refractivity contribution is 6.31. The summed E-state index contributed by atoms with van der Waals surface area (Å²) in [5.74, 6) is -0.438.